The Labute approximate surface area is 182 Å². The van der Waals surface area contributed by atoms with Crippen LogP contribution in [0.15, 0.2) is 42.5 Å². The van der Waals surface area contributed by atoms with Crippen molar-refractivity contribution in [3.63, 3.8) is 0 Å². The maximum atomic E-state index is 12.7. The van der Waals surface area contributed by atoms with E-state index in [1.54, 1.807) is 44.4 Å². The monoisotopic (exact) mass is 425 g/mol. The Morgan fingerprint density at radius 1 is 1.17 bits per heavy atom. The highest BCUT2D eigenvalue weighted by atomic mass is 35.5. The number of hydrogen-bond acceptors (Lipinski definition) is 4. The number of hydrogen-bond donors (Lipinski definition) is 1. The molecule has 0 aromatic heterocycles. The molecule has 0 spiro atoms. The Hall–Kier alpha value is -3.12. The van der Waals surface area contributed by atoms with E-state index in [0.717, 1.165) is 5.56 Å². The van der Waals surface area contributed by atoms with Crippen molar-refractivity contribution in [2.75, 3.05) is 26.9 Å². The molecular weight excluding hydrogens is 402 g/mol. The van der Waals surface area contributed by atoms with Crippen molar-refractivity contribution in [1.82, 2.24) is 5.32 Å². The van der Waals surface area contributed by atoms with E-state index in [1.165, 1.54) is 0 Å². The van der Waals surface area contributed by atoms with Crippen molar-refractivity contribution in [2.24, 2.45) is 0 Å². The summed E-state index contributed by atoms with van der Waals surface area (Å²) in [6, 6.07) is 12.6. The maximum absolute atomic E-state index is 12.7. The van der Waals surface area contributed by atoms with Crippen LogP contribution in [-0.4, -0.2) is 32.8 Å². The number of carbonyl (C=O) groups is 1. The molecule has 6 heteroatoms. The average molecular weight is 426 g/mol. The predicted octanol–water partition coefficient (Wildman–Crippen LogP) is 3.80. The van der Waals surface area contributed by atoms with Crippen LogP contribution in [0.4, 0.5) is 0 Å². The first-order valence-electron chi connectivity index (χ1n) is 9.36. The highest BCUT2D eigenvalue weighted by Crippen LogP contribution is 2.28. The lowest BCUT2D eigenvalue weighted by atomic mass is 10.1. The minimum atomic E-state index is -0.766. The highest BCUT2D eigenvalue weighted by Gasteiger charge is 2.21. The molecule has 0 aliphatic heterocycles. The largest absolute Gasteiger partial charge is 0.493 e. The van der Waals surface area contributed by atoms with Gasteiger partial charge in [0.05, 0.1) is 7.11 Å². The fourth-order valence-corrected chi connectivity index (χ4v) is 2.81. The van der Waals surface area contributed by atoms with Crippen LogP contribution in [0.25, 0.3) is 0 Å². The van der Waals surface area contributed by atoms with Crippen LogP contribution >= 0.6 is 11.6 Å². The number of benzene rings is 2. The number of terminal acetylenes is 1. The van der Waals surface area contributed by atoms with Crippen LogP contribution in [0.5, 0.6) is 11.5 Å². The minimum Gasteiger partial charge on any atom is -0.493 e. The van der Waals surface area contributed by atoms with Crippen LogP contribution < -0.4 is 14.8 Å². The molecule has 0 fully saturated rings. The fourth-order valence-electron chi connectivity index (χ4n) is 2.69. The third-order valence-corrected chi connectivity index (χ3v) is 4.41. The van der Waals surface area contributed by atoms with E-state index in [9.17, 15) is 4.79 Å². The molecular formula is C24H24ClNO4. The molecule has 1 unspecified atom stereocenters. The topological polar surface area (TPSA) is 56.8 Å². The lowest BCUT2D eigenvalue weighted by Crippen LogP contribution is -2.32. The van der Waals surface area contributed by atoms with Crippen molar-refractivity contribution < 1.29 is 19.0 Å². The van der Waals surface area contributed by atoms with E-state index in [4.69, 9.17) is 32.2 Å². The molecule has 1 atom stereocenters. The third-order valence-electron chi connectivity index (χ3n) is 4.16. The molecule has 2 rings (SSSR count). The van der Waals surface area contributed by atoms with Gasteiger partial charge >= 0.3 is 0 Å². The first-order valence-corrected chi connectivity index (χ1v) is 9.74. The van der Waals surface area contributed by atoms with Gasteiger partial charge in [-0.2, -0.15) is 0 Å². The van der Waals surface area contributed by atoms with Crippen molar-refractivity contribution in [1.29, 1.82) is 0 Å². The van der Waals surface area contributed by atoms with Crippen LogP contribution in [-0.2, 0) is 16.0 Å². The summed E-state index contributed by atoms with van der Waals surface area (Å²) < 4.78 is 16.5. The predicted molar refractivity (Wildman–Crippen MR) is 118 cm³/mol. The summed E-state index contributed by atoms with van der Waals surface area (Å²) in [6.45, 7) is 2.48. The van der Waals surface area contributed by atoms with E-state index in [-0.39, 0.29) is 19.1 Å². The van der Waals surface area contributed by atoms with Gasteiger partial charge in [0.2, 0.25) is 0 Å². The zero-order valence-electron chi connectivity index (χ0n) is 17.0. The molecule has 156 valence electrons. The SMILES string of the molecule is C#CCOc1ccc(CCNC(=O)C(OCC#CC)c2ccc(Cl)cc2)cc1OC. The van der Waals surface area contributed by atoms with Crippen LogP contribution in [0.1, 0.15) is 24.2 Å². The van der Waals surface area contributed by atoms with Crippen molar-refractivity contribution in [3.05, 3.63) is 58.6 Å². The molecule has 0 aliphatic carbocycles. The second-order valence-corrected chi connectivity index (χ2v) is 6.62. The molecule has 1 amide bonds. The summed E-state index contributed by atoms with van der Waals surface area (Å²) in [5, 5.41) is 3.51. The Bertz CT molecular complexity index is 938. The first kappa shape index (κ1) is 23.2. The van der Waals surface area contributed by atoms with Crippen molar-refractivity contribution in [2.45, 2.75) is 19.4 Å². The van der Waals surface area contributed by atoms with Crippen molar-refractivity contribution >= 4 is 17.5 Å². The van der Waals surface area contributed by atoms with Gasteiger partial charge in [-0.1, -0.05) is 41.6 Å². The summed E-state index contributed by atoms with van der Waals surface area (Å²) >= 11 is 5.95. The fraction of sp³-hybridized carbons (Fsp3) is 0.292. The van der Waals surface area contributed by atoms with Gasteiger partial charge in [0, 0.05) is 11.6 Å². The molecule has 30 heavy (non-hydrogen) atoms. The Kier molecular flexibility index (Phi) is 9.61. The molecule has 0 radical (unpaired) electrons. The van der Waals surface area contributed by atoms with Gasteiger partial charge in [-0.25, -0.2) is 0 Å². The molecule has 0 bridgehead atoms. The summed E-state index contributed by atoms with van der Waals surface area (Å²) in [5.41, 5.74) is 1.70. The number of nitrogens with one attached hydrogen (secondary N) is 1. The number of ether oxygens (including phenoxy) is 3. The van der Waals surface area contributed by atoms with E-state index < -0.39 is 6.10 Å². The smallest absolute Gasteiger partial charge is 0.253 e. The van der Waals surface area contributed by atoms with Gasteiger partial charge in [-0.05, 0) is 48.7 Å². The summed E-state index contributed by atoms with van der Waals surface area (Å²) in [7, 11) is 1.57. The van der Waals surface area contributed by atoms with Gasteiger partial charge in [-0.3, -0.25) is 4.79 Å². The number of amides is 1. The van der Waals surface area contributed by atoms with E-state index in [0.29, 0.717) is 35.1 Å². The number of carbonyl (C=O) groups excluding carboxylic acids is 1. The van der Waals surface area contributed by atoms with Gasteiger partial charge in [0.15, 0.2) is 17.6 Å². The molecule has 2 aromatic rings. The molecule has 0 saturated heterocycles. The Morgan fingerprint density at radius 2 is 1.93 bits per heavy atom. The molecule has 0 heterocycles. The third kappa shape index (κ3) is 7.04. The zero-order valence-corrected chi connectivity index (χ0v) is 17.8. The van der Waals surface area contributed by atoms with Crippen molar-refractivity contribution in [3.8, 4) is 35.7 Å². The first-order chi connectivity index (χ1) is 14.6. The van der Waals surface area contributed by atoms with E-state index in [2.05, 4.69) is 23.1 Å². The van der Waals surface area contributed by atoms with Crippen LogP contribution in [0.3, 0.4) is 0 Å². The molecule has 0 aliphatic rings. The summed E-state index contributed by atoms with van der Waals surface area (Å²) in [6.07, 6.45) is 5.07. The average Bonchev–Trinajstić information content (AvgIpc) is 2.76. The number of methoxy groups -OCH3 is 1. The number of rotatable bonds is 10. The Balaban J connectivity index is 1.99. The highest BCUT2D eigenvalue weighted by molar-refractivity contribution is 6.30. The summed E-state index contributed by atoms with van der Waals surface area (Å²) in [5.74, 6) is 8.92. The quantitative estimate of drug-likeness (QED) is 0.588. The standard InChI is InChI=1S/C24H24ClNO4/c1-4-6-16-30-23(19-8-10-20(25)11-9-19)24(27)26-14-13-18-7-12-21(29-15-5-2)22(17-18)28-3/h2,7-12,17,23H,13-16H2,1,3H3,(H,26,27). The van der Waals surface area contributed by atoms with E-state index >= 15 is 0 Å². The second-order valence-electron chi connectivity index (χ2n) is 6.19. The van der Waals surface area contributed by atoms with Gasteiger partial charge in [-0.15, -0.1) is 12.3 Å². The minimum absolute atomic E-state index is 0.160. The lowest BCUT2D eigenvalue weighted by molar-refractivity contribution is -0.132. The molecule has 1 N–H and O–H groups in total. The van der Waals surface area contributed by atoms with Gasteiger partial charge in [0.25, 0.3) is 5.91 Å². The van der Waals surface area contributed by atoms with E-state index in [1.807, 2.05) is 12.1 Å². The van der Waals surface area contributed by atoms with Crippen LogP contribution in [0.2, 0.25) is 5.02 Å². The second kappa shape index (κ2) is 12.4. The molecule has 2 aromatic carbocycles. The molecule has 5 nitrogen and oxygen atoms in total. The number of halogens is 1. The Morgan fingerprint density at radius 3 is 2.60 bits per heavy atom. The lowest BCUT2D eigenvalue weighted by Gasteiger charge is -2.17. The van der Waals surface area contributed by atoms with Gasteiger partial charge < -0.3 is 19.5 Å². The molecule has 0 saturated carbocycles. The maximum Gasteiger partial charge on any atom is 0.253 e. The normalized spacial score (nSPS) is 10.9. The summed E-state index contributed by atoms with van der Waals surface area (Å²) in [4.78, 5) is 12.7. The van der Waals surface area contributed by atoms with Crippen LogP contribution in [0, 0.1) is 24.2 Å². The zero-order chi connectivity index (χ0) is 21.8. The van der Waals surface area contributed by atoms with Gasteiger partial charge in [0.1, 0.15) is 13.2 Å².